The fraction of sp³-hybridized carbons (Fsp3) is 0.348. The number of rotatable bonds is 3. The molecule has 0 bridgehead atoms. The highest BCUT2D eigenvalue weighted by molar-refractivity contribution is 6.22. The van der Waals surface area contributed by atoms with Crippen LogP contribution in [0.1, 0.15) is 27.9 Å². The van der Waals surface area contributed by atoms with Gasteiger partial charge in [-0.05, 0) is 37.6 Å². The number of nitrogens with zero attached hydrogens (tertiary/aromatic N) is 3. The minimum Gasteiger partial charge on any atom is -0.336 e. The number of anilines is 1. The normalized spacial score (nSPS) is 20.4. The summed E-state index contributed by atoms with van der Waals surface area (Å²) in [6, 6.07) is 14.5. The monoisotopic (exact) mass is 391 g/mol. The van der Waals surface area contributed by atoms with Gasteiger partial charge in [-0.1, -0.05) is 35.9 Å². The summed E-state index contributed by atoms with van der Waals surface area (Å²) < 4.78 is 0. The van der Waals surface area contributed by atoms with Gasteiger partial charge in [-0.2, -0.15) is 0 Å². The van der Waals surface area contributed by atoms with Gasteiger partial charge in [0.25, 0.3) is 11.8 Å². The van der Waals surface area contributed by atoms with Crippen LogP contribution in [-0.2, 0) is 9.59 Å². The number of benzene rings is 2. The van der Waals surface area contributed by atoms with E-state index in [4.69, 9.17) is 0 Å². The summed E-state index contributed by atoms with van der Waals surface area (Å²) in [6.45, 7) is 6.18. The van der Waals surface area contributed by atoms with Crippen LogP contribution in [-0.4, -0.2) is 59.7 Å². The molecule has 2 aliphatic heterocycles. The first-order chi connectivity index (χ1) is 14.0. The maximum atomic E-state index is 13.1. The van der Waals surface area contributed by atoms with Crippen molar-refractivity contribution in [3.63, 3.8) is 0 Å². The Morgan fingerprint density at radius 2 is 1.62 bits per heavy atom. The fourth-order valence-electron chi connectivity index (χ4n) is 4.21. The van der Waals surface area contributed by atoms with Crippen molar-refractivity contribution in [2.24, 2.45) is 0 Å². The average Bonchev–Trinajstić information content (AvgIpc) is 3.02. The molecule has 0 spiro atoms. The molecule has 2 aliphatic rings. The van der Waals surface area contributed by atoms with E-state index < -0.39 is 6.04 Å². The Bertz CT molecular complexity index is 949. The van der Waals surface area contributed by atoms with E-state index in [2.05, 4.69) is 0 Å². The number of imide groups is 1. The first-order valence-electron chi connectivity index (χ1n) is 9.98. The zero-order valence-corrected chi connectivity index (χ0v) is 16.8. The van der Waals surface area contributed by atoms with Gasteiger partial charge < -0.3 is 4.90 Å². The lowest BCUT2D eigenvalue weighted by Gasteiger charge is -2.37. The van der Waals surface area contributed by atoms with E-state index in [1.54, 1.807) is 0 Å². The molecule has 150 valence electrons. The topological polar surface area (TPSA) is 60.9 Å². The number of aryl methyl sites for hydroxylation is 2. The van der Waals surface area contributed by atoms with E-state index in [0.717, 1.165) is 11.1 Å². The summed E-state index contributed by atoms with van der Waals surface area (Å²) in [5.74, 6) is -0.310. The predicted octanol–water partition coefficient (Wildman–Crippen LogP) is 2.39. The first-order valence-corrected chi connectivity index (χ1v) is 9.98. The second kappa shape index (κ2) is 7.79. The molecule has 0 N–H and O–H groups in total. The van der Waals surface area contributed by atoms with Gasteiger partial charge in [0.15, 0.2) is 0 Å². The van der Waals surface area contributed by atoms with E-state index in [0.29, 0.717) is 37.4 Å². The van der Waals surface area contributed by atoms with Gasteiger partial charge >= 0.3 is 0 Å². The Labute approximate surface area is 170 Å². The number of amides is 3. The molecule has 0 aliphatic carbocycles. The van der Waals surface area contributed by atoms with Crippen LogP contribution in [0.15, 0.2) is 48.5 Å². The minimum atomic E-state index is -0.447. The molecule has 2 heterocycles. The van der Waals surface area contributed by atoms with Crippen molar-refractivity contribution in [2.45, 2.75) is 26.3 Å². The standard InChI is InChI=1S/C23H25N3O3/c1-16-8-9-19(17(2)14-16)26-21(27)15-20(23(26)29)24-10-12-25(13-11-24)22(28)18-6-4-3-5-7-18/h3-9,14,20H,10-13,15H2,1-2H3. The highest BCUT2D eigenvalue weighted by atomic mass is 16.2. The van der Waals surface area contributed by atoms with Crippen molar-refractivity contribution in [3.8, 4) is 0 Å². The van der Waals surface area contributed by atoms with Crippen LogP contribution in [0, 0.1) is 13.8 Å². The summed E-state index contributed by atoms with van der Waals surface area (Å²) >= 11 is 0. The molecule has 2 saturated heterocycles. The quantitative estimate of drug-likeness (QED) is 0.754. The van der Waals surface area contributed by atoms with Gasteiger partial charge in [-0.3, -0.25) is 19.3 Å². The van der Waals surface area contributed by atoms with Crippen molar-refractivity contribution in [2.75, 3.05) is 31.1 Å². The van der Waals surface area contributed by atoms with E-state index in [1.165, 1.54) is 4.90 Å². The third-order valence-corrected chi connectivity index (χ3v) is 5.78. The molecular formula is C23H25N3O3. The lowest BCUT2D eigenvalue weighted by molar-refractivity contribution is -0.123. The van der Waals surface area contributed by atoms with Gasteiger partial charge in [-0.25, -0.2) is 4.90 Å². The molecule has 6 nitrogen and oxygen atoms in total. The zero-order chi connectivity index (χ0) is 20.5. The maximum absolute atomic E-state index is 13.1. The van der Waals surface area contributed by atoms with Crippen LogP contribution in [0.4, 0.5) is 5.69 Å². The molecule has 1 unspecified atom stereocenters. The number of hydrogen-bond donors (Lipinski definition) is 0. The number of hydrogen-bond acceptors (Lipinski definition) is 4. The Hall–Kier alpha value is -2.99. The van der Waals surface area contributed by atoms with Crippen molar-refractivity contribution >= 4 is 23.4 Å². The summed E-state index contributed by atoms with van der Waals surface area (Å²) in [5, 5.41) is 0. The average molecular weight is 391 g/mol. The largest absolute Gasteiger partial charge is 0.336 e. The summed E-state index contributed by atoms with van der Waals surface area (Å²) in [6.07, 6.45) is 0.193. The third kappa shape index (κ3) is 3.68. The van der Waals surface area contributed by atoms with Gasteiger partial charge in [0.05, 0.1) is 18.2 Å². The van der Waals surface area contributed by atoms with Crippen LogP contribution >= 0.6 is 0 Å². The molecule has 0 aromatic heterocycles. The van der Waals surface area contributed by atoms with Crippen molar-refractivity contribution in [1.29, 1.82) is 0 Å². The molecule has 2 aromatic carbocycles. The SMILES string of the molecule is Cc1ccc(N2C(=O)CC(N3CCN(C(=O)c4ccccc4)CC3)C2=O)c(C)c1. The molecule has 29 heavy (non-hydrogen) atoms. The number of carbonyl (C=O) groups is 3. The minimum absolute atomic E-state index is 0.0102. The number of carbonyl (C=O) groups excluding carboxylic acids is 3. The molecule has 2 fully saturated rings. The second-order valence-corrected chi connectivity index (χ2v) is 7.77. The van der Waals surface area contributed by atoms with Crippen LogP contribution in [0.3, 0.4) is 0 Å². The second-order valence-electron chi connectivity index (χ2n) is 7.77. The molecular weight excluding hydrogens is 366 g/mol. The van der Waals surface area contributed by atoms with Crippen LogP contribution in [0.5, 0.6) is 0 Å². The van der Waals surface area contributed by atoms with Gasteiger partial charge in [0.2, 0.25) is 5.91 Å². The lowest BCUT2D eigenvalue weighted by atomic mass is 10.1. The van der Waals surface area contributed by atoms with Crippen LogP contribution in [0.2, 0.25) is 0 Å². The third-order valence-electron chi connectivity index (χ3n) is 5.78. The molecule has 3 amide bonds. The summed E-state index contributed by atoms with van der Waals surface area (Å²) in [5.41, 5.74) is 3.37. The Kier molecular flexibility index (Phi) is 5.20. The van der Waals surface area contributed by atoms with Crippen molar-refractivity contribution in [1.82, 2.24) is 9.80 Å². The molecule has 2 aromatic rings. The van der Waals surface area contributed by atoms with Crippen molar-refractivity contribution in [3.05, 3.63) is 65.2 Å². The Balaban J connectivity index is 1.43. The Morgan fingerprint density at radius 3 is 2.28 bits per heavy atom. The lowest BCUT2D eigenvalue weighted by Crippen LogP contribution is -2.53. The smallest absolute Gasteiger partial charge is 0.253 e. The van der Waals surface area contributed by atoms with E-state index in [-0.39, 0.29) is 24.1 Å². The van der Waals surface area contributed by atoms with Crippen LogP contribution in [0.25, 0.3) is 0 Å². The van der Waals surface area contributed by atoms with E-state index >= 15 is 0 Å². The molecule has 6 heteroatoms. The molecule has 0 saturated carbocycles. The van der Waals surface area contributed by atoms with E-state index in [1.807, 2.05) is 72.2 Å². The summed E-state index contributed by atoms with van der Waals surface area (Å²) in [7, 11) is 0. The maximum Gasteiger partial charge on any atom is 0.253 e. The fourth-order valence-corrected chi connectivity index (χ4v) is 4.21. The van der Waals surface area contributed by atoms with Gasteiger partial charge in [-0.15, -0.1) is 0 Å². The highest BCUT2D eigenvalue weighted by Crippen LogP contribution is 2.29. The predicted molar refractivity (Wildman–Crippen MR) is 111 cm³/mol. The first kappa shape index (κ1) is 19.3. The molecule has 4 rings (SSSR count). The summed E-state index contributed by atoms with van der Waals surface area (Å²) in [4.78, 5) is 43.5. The van der Waals surface area contributed by atoms with Gasteiger partial charge in [0.1, 0.15) is 0 Å². The van der Waals surface area contributed by atoms with Crippen molar-refractivity contribution < 1.29 is 14.4 Å². The van der Waals surface area contributed by atoms with Crippen LogP contribution < -0.4 is 4.90 Å². The highest BCUT2D eigenvalue weighted by Gasteiger charge is 2.44. The van der Waals surface area contributed by atoms with E-state index in [9.17, 15) is 14.4 Å². The zero-order valence-electron chi connectivity index (χ0n) is 16.8. The van der Waals surface area contributed by atoms with Gasteiger partial charge in [0, 0.05) is 31.7 Å². The molecule has 1 atom stereocenters. The Morgan fingerprint density at radius 1 is 0.931 bits per heavy atom. The molecule has 0 radical (unpaired) electrons. The number of piperazine rings is 1.